The van der Waals surface area contributed by atoms with Gasteiger partial charge in [-0.2, -0.15) is 0 Å². The summed E-state index contributed by atoms with van der Waals surface area (Å²) in [7, 11) is 0. The van der Waals surface area contributed by atoms with E-state index in [9.17, 15) is 13.6 Å². The van der Waals surface area contributed by atoms with Crippen LogP contribution >= 0.6 is 11.6 Å². The number of nitrogens with zero attached hydrogens (tertiary/aromatic N) is 1. The number of hydrogen-bond donors (Lipinski definition) is 1. The van der Waals surface area contributed by atoms with Gasteiger partial charge in [-0.1, -0.05) is 0 Å². The second kappa shape index (κ2) is 3.69. The third-order valence-electron chi connectivity index (χ3n) is 1.21. The second-order valence-corrected chi connectivity index (χ2v) is 2.33. The fourth-order valence-electron chi connectivity index (χ4n) is 0.736. The molecule has 0 unspecified atom stereocenters. The molecule has 0 spiro atoms. The largest absolute Gasteiger partial charge is 0.475 e. The monoisotopic (exact) mass is 211 g/mol. The van der Waals surface area contributed by atoms with Crippen molar-refractivity contribution in [1.29, 1.82) is 0 Å². The van der Waals surface area contributed by atoms with E-state index in [-0.39, 0.29) is 11.8 Å². The van der Waals surface area contributed by atoms with Gasteiger partial charge in [-0.3, -0.25) is 0 Å². The lowest BCUT2D eigenvalue weighted by molar-refractivity contribution is 0.0644. The minimum atomic E-state index is -2.98. The second-order valence-electron chi connectivity index (χ2n) is 2.06. The van der Waals surface area contributed by atoms with Gasteiger partial charge in [-0.05, 0) is 0 Å². The molecular formula is C6H4ClF2NO3. The average Bonchev–Trinajstić information content (AvgIpc) is 2.47. The molecular weight excluding hydrogens is 208 g/mol. The Hall–Kier alpha value is -1.17. The van der Waals surface area contributed by atoms with Crippen LogP contribution < -0.4 is 0 Å². The Kier molecular flexibility index (Phi) is 2.82. The van der Waals surface area contributed by atoms with Crippen LogP contribution in [0.5, 0.6) is 0 Å². The summed E-state index contributed by atoms with van der Waals surface area (Å²) in [5, 5.41) is 8.41. The van der Waals surface area contributed by atoms with E-state index in [1.54, 1.807) is 0 Å². The molecule has 1 aromatic heterocycles. The molecule has 0 amide bonds. The lowest BCUT2D eigenvalue weighted by Crippen LogP contribution is -1.99. The van der Waals surface area contributed by atoms with E-state index < -0.39 is 23.8 Å². The fourth-order valence-corrected chi connectivity index (χ4v) is 0.851. The smallest absolute Gasteiger partial charge is 0.374 e. The number of aromatic nitrogens is 1. The van der Waals surface area contributed by atoms with Crippen LogP contribution in [0.1, 0.15) is 28.6 Å². The Bertz CT molecular complexity index is 326. The summed E-state index contributed by atoms with van der Waals surface area (Å²) in [5.41, 5.74) is -0.886. The summed E-state index contributed by atoms with van der Waals surface area (Å²) in [5.74, 6) is -2.91. The van der Waals surface area contributed by atoms with Gasteiger partial charge in [0.25, 0.3) is 6.43 Å². The molecule has 0 bridgehead atoms. The topological polar surface area (TPSA) is 63.3 Å². The van der Waals surface area contributed by atoms with Crippen molar-refractivity contribution in [3.63, 3.8) is 0 Å². The highest BCUT2D eigenvalue weighted by Crippen LogP contribution is 2.23. The van der Waals surface area contributed by atoms with Crippen molar-refractivity contribution in [2.24, 2.45) is 0 Å². The Morgan fingerprint density at radius 3 is 2.62 bits per heavy atom. The maximum Gasteiger partial charge on any atom is 0.374 e. The number of alkyl halides is 3. The van der Waals surface area contributed by atoms with Crippen LogP contribution in [0.2, 0.25) is 0 Å². The van der Waals surface area contributed by atoms with Gasteiger partial charge < -0.3 is 9.52 Å². The minimum Gasteiger partial charge on any atom is -0.475 e. The Labute approximate surface area is 76.1 Å². The van der Waals surface area contributed by atoms with E-state index >= 15 is 0 Å². The van der Waals surface area contributed by atoms with Gasteiger partial charge in [0.05, 0.1) is 5.88 Å². The van der Waals surface area contributed by atoms with Crippen molar-refractivity contribution >= 4 is 17.6 Å². The van der Waals surface area contributed by atoms with Gasteiger partial charge in [0.15, 0.2) is 5.69 Å². The van der Waals surface area contributed by atoms with Crippen molar-refractivity contribution in [3.05, 3.63) is 17.3 Å². The van der Waals surface area contributed by atoms with Crippen LogP contribution in [0.4, 0.5) is 8.78 Å². The average molecular weight is 212 g/mol. The Morgan fingerprint density at radius 2 is 2.31 bits per heavy atom. The summed E-state index contributed by atoms with van der Waals surface area (Å²) in [4.78, 5) is 13.6. The summed E-state index contributed by atoms with van der Waals surface area (Å²) < 4.78 is 28.7. The molecule has 1 N–H and O–H groups in total. The molecule has 0 atom stereocenters. The van der Waals surface area contributed by atoms with Crippen LogP contribution in [0, 0.1) is 0 Å². The van der Waals surface area contributed by atoms with Gasteiger partial charge in [-0.15, -0.1) is 11.6 Å². The van der Waals surface area contributed by atoms with Crippen molar-refractivity contribution < 1.29 is 23.1 Å². The van der Waals surface area contributed by atoms with Crippen molar-refractivity contribution in [3.8, 4) is 0 Å². The normalized spacial score (nSPS) is 10.8. The molecule has 4 nitrogen and oxygen atoms in total. The zero-order valence-electron chi connectivity index (χ0n) is 6.13. The molecule has 1 rings (SSSR count). The van der Waals surface area contributed by atoms with Gasteiger partial charge >= 0.3 is 5.97 Å². The van der Waals surface area contributed by atoms with E-state index in [4.69, 9.17) is 16.7 Å². The first kappa shape index (κ1) is 9.91. The highest BCUT2D eigenvalue weighted by Gasteiger charge is 2.25. The number of oxazole rings is 1. The van der Waals surface area contributed by atoms with Crippen molar-refractivity contribution in [2.75, 3.05) is 0 Å². The molecule has 0 aromatic carbocycles. The van der Waals surface area contributed by atoms with E-state index in [1.807, 2.05) is 0 Å². The molecule has 0 saturated carbocycles. The standard InChI is InChI=1S/C6H4ClF2NO3/c7-1-2-10-3(5(8)9)4(13-2)6(11)12/h5H,1H2,(H,11,12). The van der Waals surface area contributed by atoms with Gasteiger partial charge in [0.2, 0.25) is 11.7 Å². The number of carboxylic acids is 1. The third kappa shape index (κ3) is 1.95. The Morgan fingerprint density at radius 1 is 1.69 bits per heavy atom. The predicted molar refractivity (Wildman–Crippen MR) is 38.0 cm³/mol. The molecule has 0 aliphatic heterocycles. The highest BCUT2D eigenvalue weighted by molar-refractivity contribution is 6.16. The van der Waals surface area contributed by atoms with Crippen molar-refractivity contribution in [2.45, 2.75) is 12.3 Å². The molecule has 0 saturated heterocycles. The maximum absolute atomic E-state index is 12.1. The minimum absolute atomic E-state index is 0.227. The number of aromatic carboxylic acids is 1. The first-order valence-corrected chi connectivity index (χ1v) is 3.66. The Balaban J connectivity index is 3.15. The lowest BCUT2D eigenvalue weighted by atomic mass is 10.3. The molecule has 7 heteroatoms. The van der Waals surface area contributed by atoms with Crippen LogP contribution in [-0.2, 0) is 5.88 Å². The van der Waals surface area contributed by atoms with E-state index in [0.717, 1.165) is 0 Å². The number of rotatable bonds is 3. The number of halogens is 3. The first-order valence-electron chi connectivity index (χ1n) is 3.13. The predicted octanol–water partition coefficient (Wildman–Crippen LogP) is 2.05. The maximum atomic E-state index is 12.1. The van der Waals surface area contributed by atoms with Crippen molar-refractivity contribution in [1.82, 2.24) is 4.98 Å². The van der Waals surface area contributed by atoms with Crippen LogP contribution in [-0.4, -0.2) is 16.1 Å². The lowest BCUT2D eigenvalue weighted by Gasteiger charge is -1.91. The number of carbonyl (C=O) groups is 1. The van der Waals surface area contributed by atoms with Crippen LogP contribution in [0.25, 0.3) is 0 Å². The molecule has 0 radical (unpaired) electrons. The molecule has 0 aliphatic rings. The molecule has 13 heavy (non-hydrogen) atoms. The summed E-state index contributed by atoms with van der Waals surface area (Å²) in [6.07, 6.45) is -2.98. The zero-order chi connectivity index (χ0) is 10.0. The zero-order valence-corrected chi connectivity index (χ0v) is 6.89. The molecule has 72 valence electrons. The molecule has 1 heterocycles. The summed E-state index contributed by atoms with van der Waals surface area (Å²) >= 11 is 5.23. The fraction of sp³-hybridized carbons (Fsp3) is 0.333. The molecule has 0 aliphatic carbocycles. The van der Waals surface area contributed by atoms with Gasteiger partial charge in [0, 0.05) is 0 Å². The van der Waals surface area contributed by atoms with Gasteiger partial charge in [-0.25, -0.2) is 18.6 Å². The summed E-state index contributed by atoms with van der Waals surface area (Å²) in [6.45, 7) is 0. The SMILES string of the molecule is O=C(O)c1oc(CCl)nc1C(F)F. The number of hydrogen-bond acceptors (Lipinski definition) is 3. The van der Waals surface area contributed by atoms with Crippen LogP contribution in [0.3, 0.4) is 0 Å². The third-order valence-corrected chi connectivity index (χ3v) is 1.44. The van der Waals surface area contributed by atoms with Gasteiger partial charge in [0.1, 0.15) is 0 Å². The molecule has 1 aromatic rings. The molecule has 0 fully saturated rings. The number of carboxylic acid groups (broad SMARTS) is 1. The first-order chi connectivity index (χ1) is 6.06. The quantitative estimate of drug-likeness (QED) is 0.778. The van der Waals surface area contributed by atoms with E-state index in [0.29, 0.717) is 0 Å². The van der Waals surface area contributed by atoms with E-state index in [2.05, 4.69) is 9.40 Å². The van der Waals surface area contributed by atoms with Crippen LogP contribution in [0.15, 0.2) is 4.42 Å². The van der Waals surface area contributed by atoms with E-state index in [1.165, 1.54) is 0 Å². The summed E-state index contributed by atoms with van der Waals surface area (Å²) in [6, 6.07) is 0. The highest BCUT2D eigenvalue weighted by atomic mass is 35.5.